The van der Waals surface area contributed by atoms with Crippen molar-refractivity contribution >= 4 is 16.8 Å². The fourth-order valence-corrected chi connectivity index (χ4v) is 4.43. The largest absolute Gasteiger partial charge is 0.358 e. The second-order valence-corrected chi connectivity index (χ2v) is 7.32. The minimum absolute atomic E-state index is 0.255. The van der Waals surface area contributed by atoms with Crippen LogP contribution >= 0.6 is 0 Å². The molecule has 1 amide bonds. The summed E-state index contributed by atoms with van der Waals surface area (Å²) in [6.45, 7) is 0. The van der Waals surface area contributed by atoms with E-state index in [-0.39, 0.29) is 5.91 Å². The number of nitrogens with one attached hydrogen (secondary N) is 2. The van der Waals surface area contributed by atoms with Gasteiger partial charge in [-0.3, -0.25) is 4.79 Å². The molecular weight excluding hydrogens is 284 g/mol. The topological polar surface area (TPSA) is 44.9 Å². The van der Waals surface area contributed by atoms with Crippen LogP contribution in [0, 0.1) is 5.92 Å². The summed E-state index contributed by atoms with van der Waals surface area (Å²) < 4.78 is 0. The van der Waals surface area contributed by atoms with Crippen LogP contribution in [0.4, 0.5) is 0 Å². The molecule has 1 atom stereocenters. The number of aromatic nitrogens is 1. The molecule has 2 N–H and O–H groups in total. The third-order valence-corrected chi connectivity index (χ3v) is 5.71. The van der Waals surface area contributed by atoms with Gasteiger partial charge >= 0.3 is 0 Å². The van der Waals surface area contributed by atoms with Crippen LogP contribution in [0.5, 0.6) is 0 Å². The summed E-state index contributed by atoms with van der Waals surface area (Å²) >= 11 is 0. The van der Waals surface area contributed by atoms with Crippen molar-refractivity contribution < 1.29 is 4.79 Å². The second-order valence-electron chi connectivity index (χ2n) is 7.32. The van der Waals surface area contributed by atoms with Gasteiger partial charge in [0.1, 0.15) is 0 Å². The molecule has 0 bridgehead atoms. The van der Waals surface area contributed by atoms with Gasteiger partial charge in [-0.05, 0) is 43.2 Å². The van der Waals surface area contributed by atoms with Crippen molar-refractivity contribution in [3.63, 3.8) is 0 Å². The molecule has 1 aromatic carbocycles. The quantitative estimate of drug-likeness (QED) is 0.877. The molecule has 23 heavy (non-hydrogen) atoms. The number of hydrogen-bond acceptors (Lipinski definition) is 1. The Morgan fingerprint density at radius 1 is 1.17 bits per heavy atom. The van der Waals surface area contributed by atoms with Gasteiger partial charge in [-0.2, -0.15) is 0 Å². The van der Waals surface area contributed by atoms with E-state index in [4.69, 9.17) is 0 Å². The number of aromatic amines is 1. The highest BCUT2D eigenvalue weighted by atomic mass is 16.1. The Hall–Kier alpha value is -1.77. The van der Waals surface area contributed by atoms with Crippen molar-refractivity contribution in [1.29, 1.82) is 0 Å². The number of amides is 1. The highest BCUT2D eigenvalue weighted by Crippen LogP contribution is 2.30. The summed E-state index contributed by atoms with van der Waals surface area (Å²) in [5.74, 6) is 1.05. The molecule has 3 nitrogen and oxygen atoms in total. The van der Waals surface area contributed by atoms with Crippen molar-refractivity contribution in [2.45, 2.75) is 63.8 Å². The first-order chi connectivity index (χ1) is 11.3. The molecular formula is C20H26N2O. The molecule has 1 saturated carbocycles. The van der Waals surface area contributed by atoms with Crippen molar-refractivity contribution in [3.8, 4) is 0 Å². The number of H-pyrrole nitrogens is 1. The molecule has 1 aromatic heterocycles. The van der Waals surface area contributed by atoms with Crippen molar-refractivity contribution in [2.75, 3.05) is 0 Å². The van der Waals surface area contributed by atoms with Crippen molar-refractivity contribution in [1.82, 2.24) is 10.3 Å². The van der Waals surface area contributed by atoms with E-state index in [0.29, 0.717) is 12.5 Å². The molecule has 122 valence electrons. The van der Waals surface area contributed by atoms with Crippen LogP contribution < -0.4 is 5.32 Å². The average molecular weight is 310 g/mol. The van der Waals surface area contributed by atoms with Crippen LogP contribution in [0.2, 0.25) is 0 Å². The van der Waals surface area contributed by atoms with Gasteiger partial charge in [0.2, 0.25) is 5.91 Å². The van der Waals surface area contributed by atoms with E-state index < -0.39 is 0 Å². The molecule has 3 heteroatoms. The van der Waals surface area contributed by atoms with Gasteiger partial charge in [-0.15, -0.1) is 0 Å². The lowest BCUT2D eigenvalue weighted by molar-refractivity contribution is -0.122. The van der Waals surface area contributed by atoms with E-state index in [2.05, 4.69) is 34.6 Å². The monoisotopic (exact) mass is 310 g/mol. The fourth-order valence-electron chi connectivity index (χ4n) is 4.43. The molecule has 1 unspecified atom stereocenters. The maximum atomic E-state index is 12.3. The van der Waals surface area contributed by atoms with Crippen molar-refractivity contribution in [2.24, 2.45) is 5.92 Å². The summed E-state index contributed by atoms with van der Waals surface area (Å²) in [5.41, 5.74) is 4.00. The van der Waals surface area contributed by atoms with E-state index in [9.17, 15) is 4.79 Å². The van der Waals surface area contributed by atoms with Crippen LogP contribution in [-0.2, 0) is 17.6 Å². The maximum absolute atomic E-state index is 12.3. The lowest BCUT2D eigenvalue weighted by Gasteiger charge is -2.24. The number of aryl methyl sites for hydroxylation is 1. The molecule has 0 spiro atoms. The Balaban J connectivity index is 1.36. The fraction of sp³-hybridized carbons (Fsp3) is 0.550. The molecule has 1 fully saturated rings. The predicted octanol–water partition coefficient (Wildman–Crippen LogP) is 4.11. The summed E-state index contributed by atoms with van der Waals surface area (Å²) in [5, 5.41) is 4.61. The van der Waals surface area contributed by atoms with Gasteiger partial charge in [0, 0.05) is 29.1 Å². The minimum Gasteiger partial charge on any atom is -0.358 e. The van der Waals surface area contributed by atoms with Gasteiger partial charge in [-0.25, -0.2) is 0 Å². The summed E-state index contributed by atoms with van der Waals surface area (Å²) in [4.78, 5) is 15.8. The highest BCUT2D eigenvalue weighted by Gasteiger charge is 2.24. The smallest absolute Gasteiger partial charge is 0.220 e. The number of para-hydroxylation sites is 1. The Bertz CT molecular complexity index is 697. The van der Waals surface area contributed by atoms with Gasteiger partial charge in [0.05, 0.1) is 0 Å². The zero-order valence-corrected chi connectivity index (χ0v) is 13.7. The number of carbonyl (C=O) groups excluding carboxylic acids is 1. The molecule has 2 aliphatic carbocycles. The standard InChI is InChI=1S/C20H26N2O/c23-20(12-9-14-5-1-2-6-14)21-15-10-11-19-17(13-15)16-7-3-4-8-18(16)22-19/h3-4,7-8,14-15,22H,1-2,5-6,9-13H2,(H,21,23). The van der Waals surface area contributed by atoms with Gasteiger partial charge in [-0.1, -0.05) is 43.9 Å². The zero-order chi connectivity index (χ0) is 15.6. The Morgan fingerprint density at radius 2 is 2.00 bits per heavy atom. The van der Waals surface area contributed by atoms with Crippen molar-refractivity contribution in [3.05, 3.63) is 35.5 Å². The van der Waals surface area contributed by atoms with E-state index >= 15 is 0 Å². The first kappa shape index (κ1) is 14.8. The lowest BCUT2D eigenvalue weighted by Crippen LogP contribution is -2.38. The Morgan fingerprint density at radius 3 is 2.87 bits per heavy atom. The van der Waals surface area contributed by atoms with Crippen LogP contribution in [0.15, 0.2) is 24.3 Å². The molecule has 2 aromatic rings. The Kier molecular flexibility index (Phi) is 4.11. The third kappa shape index (κ3) is 3.15. The number of benzene rings is 1. The number of carbonyl (C=O) groups is 1. The summed E-state index contributed by atoms with van der Waals surface area (Å²) in [6, 6.07) is 8.81. The second kappa shape index (κ2) is 6.38. The molecule has 4 rings (SSSR count). The molecule has 0 aliphatic heterocycles. The lowest BCUT2D eigenvalue weighted by atomic mass is 9.91. The molecule has 0 radical (unpaired) electrons. The van der Waals surface area contributed by atoms with E-state index in [0.717, 1.165) is 31.6 Å². The van der Waals surface area contributed by atoms with Crippen LogP contribution in [0.3, 0.4) is 0 Å². The third-order valence-electron chi connectivity index (χ3n) is 5.71. The highest BCUT2D eigenvalue weighted by molar-refractivity contribution is 5.85. The van der Waals surface area contributed by atoms with Crippen LogP contribution in [-0.4, -0.2) is 16.9 Å². The van der Waals surface area contributed by atoms with Gasteiger partial charge < -0.3 is 10.3 Å². The minimum atomic E-state index is 0.255. The first-order valence-electron chi connectivity index (χ1n) is 9.17. The Labute approximate surface area is 137 Å². The molecule has 0 saturated heterocycles. The maximum Gasteiger partial charge on any atom is 0.220 e. The van der Waals surface area contributed by atoms with Gasteiger partial charge in [0.25, 0.3) is 0 Å². The van der Waals surface area contributed by atoms with Gasteiger partial charge in [0.15, 0.2) is 0 Å². The number of rotatable bonds is 4. The SMILES string of the molecule is O=C(CCC1CCCC1)NC1CCc2[nH]c3ccccc3c2C1. The summed E-state index contributed by atoms with van der Waals surface area (Å²) in [7, 11) is 0. The van der Waals surface area contributed by atoms with E-state index in [1.165, 1.54) is 47.8 Å². The summed E-state index contributed by atoms with van der Waals surface area (Å²) in [6.07, 6.45) is 10.2. The molecule has 1 heterocycles. The predicted molar refractivity (Wildman–Crippen MR) is 93.4 cm³/mol. The molecule has 2 aliphatic rings. The number of hydrogen-bond donors (Lipinski definition) is 2. The first-order valence-corrected chi connectivity index (χ1v) is 9.17. The van der Waals surface area contributed by atoms with E-state index in [1.807, 2.05) is 0 Å². The number of fused-ring (bicyclic) bond motifs is 3. The van der Waals surface area contributed by atoms with E-state index in [1.54, 1.807) is 0 Å². The zero-order valence-electron chi connectivity index (χ0n) is 13.7. The van der Waals surface area contributed by atoms with Crippen LogP contribution in [0.25, 0.3) is 10.9 Å². The average Bonchev–Trinajstić information content (AvgIpc) is 3.20. The normalized spacial score (nSPS) is 21.5. The van der Waals surface area contributed by atoms with Crippen LogP contribution in [0.1, 0.15) is 56.2 Å².